The molecule has 0 unspecified atom stereocenters. The van der Waals surface area contributed by atoms with E-state index in [1.807, 2.05) is 24.3 Å². The van der Waals surface area contributed by atoms with E-state index >= 15 is 0 Å². The lowest BCUT2D eigenvalue weighted by Gasteiger charge is -2.06. The maximum Gasteiger partial charge on any atom is 0.322 e. The SMILES string of the molecule is COc1ccccc1C(=O)Nc1nnc(-c2cc3ccccc3o2)o1. The fourth-order valence-electron chi connectivity index (χ4n) is 2.46. The highest BCUT2D eigenvalue weighted by atomic mass is 16.5. The summed E-state index contributed by atoms with van der Waals surface area (Å²) in [6.45, 7) is 0. The highest BCUT2D eigenvalue weighted by Crippen LogP contribution is 2.28. The maximum absolute atomic E-state index is 12.3. The Balaban J connectivity index is 1.58. The van der Waals surface area contributed by atoms with Crippen LogP contribution in [0, 0.1) is 0 Å². The second kappa shape index (κ2) is 6.12. The summed E-state index contributed by atoms with van der Waals surface area (Å²) in [5.41, 5.74) is 1.09. The Morgan fingerprint density at radius 2 is 1.84 bits per heavy atom. The third-order valence-electron chi connectivity index (χ3n) is 3.63. The molecule has 0 bridgehead atoms. The monoisotopic (exact) mass is 335 g/mol. The molecule has 2 aromatic heterocycles. The number of nitrogens with zero attached hydrogens (tertiary/aromatic N) is 2. The topological polar surface area (TPSA) is 90.4 Å². The summed E-state index contributed by atoms with van der Waals surface area (Å²) >= 11 is 0. The van der Waals surface area contributed by atoms with Gasteiger partial charge in [0.25, 0.3) is 11.8 Å². The van der Waals surface area contributed by atoms with Crippen molar-refractivity contribution in [2.24, 2.45) is 0 Å². The van der Waals surface area contributed by atoms with Gasteiger partial charge >= 0.3 is 6.01 Å². The largest absolute Gasteiger partial charge is 0.496 e. The van der Waals surface area contributed by atoms with Crippen LogP contribution in [0.25, 0.3) is 22.6 Å². The van der Waals surface area contributed by atoms with E-state index in [1.54, 1.807) is 30.3 Å². The maximum atomic E-state index is 12.3. The predicted octanol–water partition coefficient (Wildman–Crippen LogP) is 3.74. The van der Waals surface area contributed by atoms with Gasteiger partial charge in [0, 0.05) is 5.39 Å². The average molecular weight is 335 g/mol. The second-order valence-corrected chi connectivity index (χ2v) is 5.22. The van der Waals surface area contributed by atoms with Gasteiger partial charge in [-0.1, -0.05) is 35.4 Å². The van der Waals surface area contributed by atoms with Crippen LogP contribution in [0.15, 0.2) is 63.4 Å². The van der Waals surface area contributed by atoms with Gasteiger partial charge in [-0.25, -0.2) is 0 Å². The van der Waals surface area contributed by atoms with E-state index < -0.39 is 5.91 Å². The van der Waals surface area contributed by atoms with Gasteiger partial charge in [-0.3, -0.25) is 10.1 Å². The van der Waals surface area contributed by atoms with Crippen molar-refractivity contribution in [3.8, 4) is 17.4 Å². The van der Waals surface area contributed by atoms with Crippen LogP contribution in [0.3, 0.4) is 0 Å². The summed E-state index contributed by atoms with van der Waals surface area (Å²) < 4.78 is 16.3. The molecule has 0 fully saturated rings. The first-order valence-electron chi connectivity index (χ1n) is 7.51. The summed E-state index contributed by atoms with van der Waals surface area (Å²) in [5, 5.41) is 11.2. The molecule has 7 heteroatoms. The zero-order valence-corrected chi connectivity index (χ0v) is 13.2. The van der Waals surface area contributed by atoms with Gasteiger partial charge < -0.3 is 13.6 Å². The van der Waals surface area contributed by atoms with E-state index in [0.29, 0.717) is 17.1 Å². The van der Waals surface area contributed by atoms with Crippen LogP contribution in [-0.2, 0) is 0 Å². The Kier molecular flexibility index (Phi) is 3.66. The first-order chi connectivity index (χ1) is 12.2. The van der Waals surface area contributed by atoms with Crippen LogP contribution >= 0.6 is 0 Å². The van der Waals surface area contributed by atoms with Crippen LogP contribution < -0.4 is 10.1 Å². The summed E-state index contributed by atoms with van der Waals surface area (Å²) in [5.74, 6) is 0.673. The highest BCUT2D eigenvalue weighted by molar-refractivity contribution is 6.05. The molecule has 0 atom stereocenters. The molecule has 0 radical (unpaired) electrons. The number of hydrogen-bond acceptors (Lipinski definition) is 6. The number of benzene rings is 2. The molecule has 4 rings (SSSR count). The predicted molar refractivity (Wildman–Crippen MR) is 90.5 cm³/mol. The van der Waals surface area contributed by atoms with E-state index in [9.17, 15) is 4.79 Å². The number of furan rings is 1. The normalized spacial score (nSPS) is 10.8. The molecule has 0 aliphatic heterocycles. The standard InChI is InChI=1S/C18H13N3O4/c1-23-14-9-5-3-7-12(14)16(22)19-18-21-20-17(25-18)15-10-11-6-2-4-8-13(11)24-15/h2-10H,1H3,(H,19,21,22). The Labute approximate surface area is 142 Å². The molecule has 2 heterocycles. The molecule has 1 N–H and O–H groups in total. The number of rotatable bonds is 4. The van der Waals surface area contributed by atoms with Gasteiger partial charge in [0.2, 0.25) is 0 Å². The molecule has 25 heavy (non-hydrogen) atoms. The van der Waals surface area contributed by atoms with Crippen molar-refractivity contribution < 1.29 is 18.4 Å². The Morgan fingerprint density at radius 3 is 2.68 bits per heavy atom. The lowest BCUT2D eigenvalue weighted by molar-refractivity contribution is 0.102. The minimum absolute atomic E-state index is 0.0219. The molecule has 2 aromatic carbocycles. The molecule has 0 aliphatic carbocycles. The number of methoxy groups -OCH3 is 1. The molecular weight excluding hydrogens is 322 g/mol. The Morgan fingerprint density at radius 1 is 1.04 bits per heavy atom. The van der Waals surface area contributed by atoms with Crippen LogP contribution in [0.1, 0.15) is 10.4 Å². The fraction of sp³-hybridized carbons (Fsp3) is 0.0556. The summed E-state index contributed by atoms with van der Waals surface area (Å²) in [7, 11) is 1.50. The number of amides is 1. The smallest absolute Gasteiger partial charge is 0.322 e. The van der Waals surface area contributed by atoms with Crippen LogP contribution in [0.4, 0.5) is 6.01 Å². The second-order valence-electron chi connectivity index (χ2n) is 5.22. The van der Waals surface area contributed by atoms with Gasteiger partial charge in [-0.15, -0.1) is 5.10 Å². The summed E-state index contributed by atoms with van der Waals surface area (Å²) in [6, 6.07) is 16.2. The molecule has 0 saturated heterocycles. The summed E-state index contributed by atoms with van der Waals surface area (Å²) in [6.07, 6.45) is 0. The van der Waals surface area contributed by atoms with Crippen molar-refractivity contribution in [1.29, 1.82) is 0 Å². The van der Waals surface area contributed by atoms with Gasteiger partial charge in [0.1, 0.15) is 11.3 Å². The van der Waals surface area contributed by atoms with Crippen LogP contribution in [-0.4, -0.2) is 23.2 Å². The molecule has 0 spiro atoms. The van der Waals surface area contributed by atoms with E-state index in [2.05, 4.69) is 15.5 Å². The van der Waals surface area contributed by atoms with E-state index in [-0.39, 0.29) is 11.9 Å². The number of hydrogen-bond donors (Lipinski definition) is 1. The Hall–Kier alpha value is -3.61. The molecule has 0 saturated carbocycles. The average Bonchev–Trinajstić information content (AvgIpc) is 3.28. The van der Waals surface area contributed by atoms with Crippen molar-refractivity contribution >= 4 is 22.9 Å². The van der Waals surface area contributed by atoms with E-state index in [1.165, 1.54) is 7.11 Å². The number of ether oxygens (including phenoxy) is 1. The third kappa shape index (κ3) is 2.83. The molecule has 1 amide bonds. The van der Waals surface area contributed by atoms with Gasteiger partial charge in [-0.2, -0.15) is 0 Å². The number of para-hydroxylation sites is 2. The Bertz CT molecular complexity index is 1020. The minimum Gasteiger partial charge on any atom is -0.496 e. The van der Waals surface area contributed by atoms with Crippen molar-refractivity contribution in [2.45, 2.75) is 0 Å². The molecule has 7 nitrogen and oxygen atoms in total. The lowest BCUT2D eigenvalue weighted by Crippen LogP contribution is -2.13. The number of nitrogens with one attached hydrogen (secondary N) is 1. The van der Waals surface area contributed by atoms with Crippen molar-refractivity contribution in [1.82, 2.24) is 10.2 Å². The van der Waals surface area contributed by atoms with Crippen molar-refractivity contribution in [3.63, 3.8) is 0 Å². The third-order valence-corrected chi connectivity index (χ3v) is 3.63. The molecule has 4 aromatic rings. The zero-order valence-electron chi connectivity index (χ0n) is 13.2. The highest BCUT2D eigenvalue weighted by Gasteiger charge is 2.17. The number of fused-ring (bicyclic) bond motifs is 1. The van der Waals surface area contributed by atoms with Crippen LogP contribution in [0.2, 0.25) is 0 Å². The van der Waals surface area contributed by atoms with E-state index in [0.717, 1.165) is 11.0 Å². The molecule has 124 valence electrons. The number of carbonyl (C=O) groups excluding carboxylic acids is 1. The first kappa shape index (κ1) is 14.9. The van der Waals surface area contributed by atoms with Gasteiger partial charge in [0.05, 0.1) is 12.7 Å². The quantitative estimate of drug-likeness (QED) is 0.611. The molecular formula is C18H13N3O4. The first-order valence-corrected chi connectivity index (χ1v) is 7.51. The number of anilines is 1. The molecule has 0 aliphatic rings. The lowest BCUT2D eigenvalue weighted by atomic mass is 10.2. The number of aromatic nitrogens is 2. The van der Waals surface area contributed by atoms with Crippen molar-refractivity contribution in [3.05, 3.63) is 60.2 Å². The fourth-order valence-corrected chi connectivity index (χ4v) is 2.46. The van der Waals surface area contributed by atoms with E-state index in [4.69, 9.17) is 13.6 Å². The van der Waals surface area contributed by atoms with Gasteiger partial charge in [0.15, 0.2) is 5.76 Å². The van der Waals surface area contributed by atoms with Crippen LogP contribution in [0.5, 0.6) is 5.75 Å². The minimum atomic E-state index is -0.405. The van der Waals surface area contributed by atoms with Gasteiger partial charge in [-0.05, 0) is 24.3 Å². The summed E-state index contributed by atoms with van der Waals surface area (Å²) in [4.78, 5) is 12.3. The zero-order chi connectivity index (χ0) is 17.2. The number of carbonyl (C=O) groups is 1. The van der Waals surface area contributed by atoms with Crippen molar-refractivity contribution in [2.75, 3.05) is 12.4 Å².